The number of carbonyl (C=O) groups excluding carboxylic acids is 2. The van der Waals surface area contributed by atoms with Gasteiger partial charge in [0.2, 0.25) is 0 Å². The van der Waals surface area contributed by atoms with Crippen molar-refractivity contribution in [2.45, 2.75) is 51.3 Å². The van der Waals surface area contributed by atoms with Crippen LogP contribution in [0.2, 0.25) is 0 Å². The Morgan fingerprint density at radius 3 is 2.44 bits per heavy atom. The fraction of sp³-hybridized carbons (Fsp3) is 0.579. The molecule has 1 amide bonds. The highest BCUT2D eigenvalue weighted by Crippen LogP contribution is 2.30. The monoisotopic (exact) mass is 384 g/mol. The molecule has 1 N–H and O–H groups in total. The summed E-state index contributed by atoms with van der Waals surface area (Å²) < 4.78 is 38.6. The number of alkyl carbamates (subject to hydrolysis) is 1. The van der Waals surface area contributed by atoms with E-state index in [9.17, 15) is 18.4 Å². The first-order chi connectivity index (χ1) is 12.6. The number of halogens is 2. The normalized spacial score (nSPS) is 19.3. The second-order valence-corrected chi connectivity index (χ2v) is 7.54. The summed E-state index contributed by atoms with van der Waals surface area (Å²) in [6.07, 6.45) is 0.744. The molecule has 0 saturated carbocycles. The first-order valence-corrected chi connectivity index (χ1v) is 8.87. The fourth-order valence-electron chi connectivity index (χ4n) is 3.17. The number of rotatable bonds is 4. The minimum absolute atomic E-state index is 0.243. The van der Waals surface area contributed by atoms with Crippen molar-refractivity contribution in [2.75, 3.05) is 20.2 Å². The van der Waals surface area contributed by atoms with Crippen LogP contribution >= 0.6 is 0 Å². The molecule has 1 saturated heterocycles. The largest absolute Gasteiger partial charge is 0.468 e. The Morgan fingerprint density at radius 2 is 1.89 bits per heavy atom. The Hall–Kier alpha value is -2.22. The average molecular weight is 384 g/mol. The van der Waals surface area contributed by atoms with Crippen LogP contribution in [0.3, 0.4) is 0 Å². The van der Waals surface area contributed by atoms with Gasteiger partial charge in [-0.25, -0.2) is 18.4 Å². The zero-order valence-electron chi connectivity index (χ0n) is 16.1. The maximum Gasteiger partial charge on any atom is 0.407 e. The third-order valence-electron chi connectivity index (χ3n) is 4.24. The average Bonchev–Trinajstić information content (AvgIpc) is 2.56. The molecule has 1 aliphatic heterocycles. The predicted octanol–water partition coefficient (Wildman–Crippen LogP) is 3.17. The minimum Gasteiger partial charge on any atom is -0.468 e. The maximum absolute atomic E-state index is 14.3. The lowest BCUT2D eigenvalue weighted by Crippen LogP contribution is -2.51. The van der Waals surface area contributed by atoms with E-state index in [2.05, 4.69) is 5.32 Å². The first kappa shape index (κ1) is 21.1. The summed E-state index contributed by atoms with van der Waals surface area (Å²) in [5.74, 6) is -2.38. The molecule has 1 fully saturated rings. The van der Waals surface area contributed by atoms with E-state index in [0.717, 1.165) is 12.1 Å². The highest BCUT2D eigenvalue weighted by atomic mass is 19.1. The van der Waals surface area contributed by atoms with Crippen LogP contribution in [-0.4, -0.2) is 48.8 Å². The van der Waals surface area contributed by atoms with E-state index < -0.39 is 35.3 Å². The summed E-state index contributed by atoms with van der Waals surface area (Å²) >= 11 is 0. The van der Waals surface area contributed by atoms with Gasteiger partial charge in [-0.05, 0) is 52.3 Å². The lowest BCUT2D eigenvalue weighted by molar-refractivity contribution is -0.148. The molecule has 27 heavy (non-hydrogen) atoms. The van der Waals surface area contributed by atoms with E-state index in [0.29, 0.717) is 19.4 Å². The molecule has 0 bridgehead atoms. The molecule has 2 rings (SSSR count). The van der Waals surface area contributed by atoms with E-state index in [4.69, 9.17) is 9.47 Å². The van der Waals surface area contributed by atoms with Crippen LogP contribution in [0, 0.1) is 11.6 Å². The highest BCUT2D eigenvalue weighted by Gasteiger charge is 2.36. The summed E-state index contributed by atoms with van der Waals surface area (Å²) in [5, 5.41) is 2.76. The van der Waals surface area contributed by atoms with Gasteiger partial charge in [0.1, 0.15) is 23.3 Å². The number of piperidine rings is 1. The molecular formula is C19H26F2N2O4. The Labute approximate surface area is 157 Å². The van der Waals surface area contributed by atoms with E-state index in [-0.39, 0.29) is 18.2 Å². The molecule has 0 unspecified atom stereocenters. The molecule has 0 spiro atoms. The Bertz CT molecular complexity index is 671. The predicted molar refractivity (Wildman–Crippen MR) is 95.1 cm³/mol. The van der Waals surface area contributed by atoms with Gasteiger partial charge >= 0.3 is 12.1 Å². The number of carbonyl (C=O) groups is 2. The summed E-state index contributed by atoms with van der Waals surface area (Å²) in [6.45, 7) is 5.96. The number of benzene rings is 1. The Morgan fingerprint density at radius 1 is 1.26 bits per heavy atom. The topological polar surface area (TPSA) is 67.9 Å². The number of amides is 1. The van der Waals surface area contributed by atoms with Crippen molar-refractivity contribution in [3.63, 3.8) is 0 Å². The van der Waals surface area contributed by atoms with Gasteiger partial charge in [0.15, 0.2) is 0 Å². The number of hydrogen-bond donors (Lipinski definition) is 1. The van der Waals surface area contributed by atoms with Crippen LogP contribution in [0.5, 0.6) is 0 Å². The first-order valence-electron chi connectivity index (χ1n) is 8.87. The van der Waals surface area contributed by atoms with E-state index in [1.807, 2.05) is 0 Å². The molecule has 0 aliphatic carbocycles. The molecule has 1 aromatic rings. The molecule has 1 aromatic carbocycles. The van der Waals surface area contributed by atoms with Gasteiger partial charge in [0, 0.05) is 12.6 Å². The number of nitrogens with zero attached hydrogens (tertiary/aromatic N) is 1. The summed E-state index contributed by atoms with van der Waals surface area (Å²) in [6, 6.07) is 1.92. The van der Waals surface area contributed by atoms with Crippen LogP contribution in [0.1, 0.15) is 45.2 Å². The van der Waals surface area contributed by atoms with E-state index in [1.165, 1.54) is 13.2 Å². The quantitative estimate of drug-likeness (QED) is 0.808. The Balaban J connectivity index is 2.19. The van der Waals surface area contributed by atoms with Gasteiger partial charge in [-0.1, -0.05) is 6.07 Å². The minimum atomic E-state index is -1.22. The molecule has 6 nitrogen and oxygen atoms in total. The number of likely N-dealkylation sites (tertiary alicyclic amines) is 1. The Kier molecular flexibility index (Phi) is 6.75. The third kappa shape index (κ3) is 5.63. The summed E-state index contributed by atoms with van der Waals surface area (Å²) in [5.41, 5.74) is -0.981. The van der Waals surface area contributed by atoms with Crippen LogP contribution in [0.25, 0.3) is 0 Å². The molecule has 8 heteroatoms. The molecule has 0 radical (unpaired) electrons. The number of ether oxygens (including phenoxy) is 2. The maximum atomic E-state index is 14.3. The highest BCUT2D eigenvalue weighted by molar-refractivity contribution is 5.77. The number of methoxy groups -OCH3 is 1. The van der Waals surface area contributed by atoms with Crippen molar-refractivity contribution in [3.8, 4) is 0 Å². The summed E-state index contributed by atoms with van der Waals surface area (Å²) in [4.78, 5) is 26.0. The second kappa shape index (κ2) is 8.65. The molecule has 2 atom stereocenters. The SMILES string of the molecule is COC(=O)[C@H](c1c(F)cccc1F)N1CCC[C@@H](NC(=O)OC(C)(C)C)C1. The van der Waals surface area contributed by atoms with Crippen LogP contribution in [0.4, 0.5) is 13.6 Å². The van der Waals surface area contributed by atoms with E-state index in [1.54, 1.807) is 25.7 Å². The van der Waals surface area contributed by atoms with Crippen LogP contribution in [-0.2, 0) is 14.3 Å². The van der Waals surface area contributed by atoms with E-state index >= 15 is 0 Å². The van der Waals surface area contributed by atoms with Crippen molar-refractivity contribution < 1.29 is 27.8 Å². The van der Waals surface area contributed by atoms with Gasteiger partial charge < -0.3 is 14.8 Å². The van der Waals surface area contributed by atoms with Crippen molar-refractivity contribution in [3.05, 3.63) is 35.4 Å². The zero-order valence-corrected chi connectivity index (χ0v) is 16.1. The van der Waals surface area contributed by atoms with Gasteiger partial charge in [0.05, 0.1) is 12.7 Å². The second-order valence-electron chi connectivity index (χ2n) is 7.54. The van der Waals surface area contributed by atoms with Crippen molar-refractivity contribution >= 4 is 12.1 Å². The van der Waals surface area contributed by atoms with Crippen LogP contribution in [0.15, 0.2) is 18.2 Å². The molecule has 150 valence electrons. The van der Waals surface area contributed by atoms with Gasteiger partial charge in [-0.3, -0.25) is 4.90 Å². The lowest BCUT2D eigenvalue weighted by Gasteiger charge is -2.37. The van der Waals surface area contributed by atoms with Crippen molar-refractivity contribution in [1.29, 1.82) is 0 Å². The van der Waals surface area contributed by atoms with Crippen LogP contribution < -0.4 is 5.32 Å². The molecular weight excluding hydrogens is 358 g/mol. The van der Waals surface area contributed by atoms with Gasteiger partial charge in [-0.2, -0.15) is 0 Å². The molecule has 1 aliphatic rings. The number of esters is 1. The van der Waals surface area contributed by atoms with Crippen molar-refractivity contribution in [1.82, 2.24) is 10.2 Å². The third-order valence-corrected chi connectivity index (χ3v) is 4.24. The lowest BCUT2D eigenvalue weighted by atomic mass is 9.98. The molecule has 1 heterocycles. The van der Waals surface area contributed by atoms with Gasteiger partial charge in [0.25, 0.3) is 0 Å². The molecule has 0 aromatic heterocycles. The standard InChI is InChI=1S/C19H26F2N2O4/c1-19(2,3)27-18(25)22-12-7-6-10-23(11-12)16(17(24)26-4)15-13(20)8-5-9-14(15)21/h5,8-9,12,16H,6-7,10-11H2,1-4H3,(H,22,25)/t12-,16+/m1/s1. The number of hydrogen-bond acceptors (Lipinski definition) is 5. The summed E-state index contributed by atoms with van der Waals surface area (Å²) in [7, 11) is 1.18. The fourth-order valence-corrected chi connectivity index (χ4v) is 3.17. The van der Waals surface area contributed by atoms with Gasteiger partial charge in [-0.15, -0.1) is 0 Å². The number of nitrogens with one attached hydrogen (secondary N) is 1. The zero-order chi connectivity index (χ0) is 20.2. The smallest absolute Gasteiger partial charge is 0.407 e. The van der Waals surface area contributed by atoms with Crippen molar-refractivity contribution in [2.24, 2.45) is 0 Å².